The van der Waals surface area contributed by atoms with Gasteiger partial charge < -0.3 is 28.8 Å². The Balaban J connectivity index is 1.91. The van der Waals surface area contributed by atoms with Crippen LogP contribution < -0.4 is 0 Å². The molecule has 1 heterocycles. The van der Waals surface area contributed by atoms with Crippen LogP contribution in [0.3, 0.4) is 0 Å². The van der Waals surface area contributed by atoms with Gasteiger partial charge in [0.2, 0.25) is 0 Å². The van der Waals surface area contributed by atoms with Crippen molar-refractivity contribution in [2.24, 2.45) is 0 Å². The smallest absolute Gasteiger partial charge is 0.186 e. The number of benzene rings is 1. The normalized spacial score (nSPS) is 26.7. The molecule has 0 saturated carbocycles. The third-order valence-corrected chi connectivity index (χ3v) is 5.32. The van der Waals surface area contributed by atoms with Crippen molar-refractivity contribution in [1.29, 1.82) is 0 Å². The highest BCUT2D eigenvalue weighted by molar-refractivity contribution is 5.13. The number of methoxy groups -OCH3 is 1. The van der Waals surface area contributed by atoms with Crippen molar-refractivity contribution < 1.29 is 28.8 Å². The molecule has 0 radical (unpaired) electrons. The quantitative estimate of drug-likeness (QED) is 0.428. The zero-order valence-electron chi connectivity index (χ0n) is 18.8. The summed E-state index contributed by atoms with van der Waals surface area (Å²) in [5, 5.41) is 10.9. The van der Waals surface area contributed by atoms with Gasteiger partial charge in [0.15, 0.2) is 6.29 Å². The van der Waals surface area contributed by atoms with Crippen LogP contribution in [0.4, 0.5) is 0 Å². The summed E-state index contributed by atoms with van der Waals surface area (Å²) in [5.41, 5.74) is 1.05. The highest BCUT2D eigenvalue weighted by Crippen LogP contribution is 2.28. The third-order valence-electron chi connectivity index (χ3n) is 5.32. The van der Waals surface area contributed by atoms with Crippen LogP contribution in [-0.2, 0) is 30.3 Å². The lowest BCUT2D eigenvalue weighted by Crippen LogP contribution is -2.61. The first-order valence-corrected chi connectivity index (χ1v) is 11.4. The lowest BCUT2D eigenvalue weighted by Gasteiger charge is -2.43. The van der Waals surface area contributed by atoms with E-state index in [1.165, 1.54) is 25.7 Å². The minimum Gasteiger partial charge on any atom is -0.387 e. The van der Waals surface area contributed by atoms with Crippen LogP contribution in [0.15, 0.2) is 30.3 Å². The fourth-order valence-corrected chi connectivity index (χ4v) is 3.61. The van der Waals surface area contributed by atoms with Crippen molar-refractivity contribution in [3.05, 3.63) is 35.9 Å². The number of rotatable bonds is 15. The van der Waals surface area contributed by atoms with E-state index in [-0.39, 0.29) is 0 Å². The predicted octanol–water partition coefficient (Wildman–Crippen LogP) is 4.09. The number of unbranched alkanes of at least 4 members (excludes halogenated alkanes) is 4. The average Bonchev–Trinajstić information content (AvgIpc) is 2.78. The molecule has 6 nitrogen and oxygen atoms in total. The summed E-state index contributed by atoms with van der Waals surface area (Å²) < 4.78 is 29.5. The van der Waals surface area contributed by atoms with Crippen molar-refractivity contribution in [2.75, 3.05) is 26.9 Å². The van der Waals surface area contributed by atoms with Gasteiger partial charge in [-0.2, -0.15) is 0 Å². The Morgan fingerprint density at radius 1 is 0.900 bits per heavy atom. The summed E-state index contributed by atoms with van der Waals surface area (Å²) in [6, 6.07) is 9.91. The molecule has 1 saturated heterocycles. The molecule has 1 N–H and O–H groups in total. The van der Waals surface area contributed by atoms with Gasteiger partial charge >= 0.3 is 0 Å². The lowest BCUT2D eigenvalue weighted by molar-refractivity contribution is -0.314. The maximum absolute atomic E-state index is 10.9. The van der Waals surface area contributed by atoms with E-state index in [4.69, 9.17) is 23.7 Å². The monoisotopic (exact) mass is 424 g/mol. The lowest BCUT2D eigenvalue weighted by atomic mass is 9.98. The fourth-order valence-electron chi connectivity index (χ4n) is 3.61. The van der Waals surface area contributed by atoms with Gasteiger partial charge in [-0.1, -0.05) is 69.9 Å². The van der Waals surface area contributed by atoms with E-state index in [2.05, 4.69) is 6.92 Å². The molecule has 30 heavy (non-hydrogen) atoms. The molecule has 6 heteroatoms. The first-order chi connectivity index (χ1) is 14.7. The summed E-state index contributed by atoms with van der Waals surface area (Å²) in [6.45, 7) is 6.16. The highest BCUT2D eigenvalue weighted by atomic mass is 16.7. The summed E-state index contributed by atoms with van der Waals surface area (Å²) in [7, 11) is 1.59. The van der Waals surface area contributed by atoms with Gasteiger partial charge in [0, 0.05) is 20.3 Å². The second kappa shape index (κ2) is 14.9. The van der Waals surface area contributed by atoms with Crippen molar-refractivity contribution in [1.82, 2.24) is 0 Å². The molecule has 1 unspecified atom stereocenters. The maximum Gasteiger partial charge on any atom is 0.186 e. The Bertz CT molecular complexity index is 540. The molecule has 1 aromatic rings. The molecule has 0 aliphatic carbocycles. The van der Waals surface area contributed by atoms with Crippen LogP contribution >= 0.6 is 0 Å². The molecule has 0 amide bonds. The zero-order valence-corrected chi connectivity index (χ0v) is 18.8. The van der Waals surface area contributed by atoms with E-state index in [1.807, 2.05) is 37.3 Å². The number of hydrogen-bond acceptors (Lipinski definition) is 6. The van der Waals surface area contributed by atoms with E-state index in [0.717, 1.165) is 18.4 Å². The number of aliphatic hydroxyl groups excluding tert-OH is 1. The van der Waals surface area contributed by atoms with E-state index >= 15 is 0 Å². The average molecular weight is 425 g/mol. The molecular weight excluding hydrogens is 384 g/mol. The fraction of sp³-hybridized carbons (Fsp3) is 0.750. The summed E-state index contributed by atoms with van der Waals surface area (Å²) in [5.74, 6) is 0. The molecule has 2 rings (SSSR count). The number of hydrogen-bond donors (Lipinski definition) is 1. The molecule has 0 aromatic heterocycles. The van der Waals surface area contributed by atoms with E-state index < -0.39 is 30.7 Å². The Labute approximate surface area is 181 Å². The molecule has 172 valence electrons. The van der Waals surface area contributed by atoms with Gasteiger partial charge in [-0.05, 0) is 18.4 Å². The van der Waals surface area contributed by atoms with E-state index in [0.29, 0.717) is 26.4 Å². The van der Waals surface area contributed by atoms with Crippen LogP contribution in [-0.4, -0.2) is 62.7 Å². The van der Waals surface area contributed by atoms with Gasteiger partial charge in [0.1, 0.15) is 24.4 Å². The topological polar surface area (TPSA) is 66.4 Å². The Hall–Kier alpha value is -1.02. The van der Waals surface area contributed by atoms with Crippen molar-refractivity contribution in [3.8, 4) is 0 Å². The van der Waals surface area contributed by atoms with Gasteiger partial charge in [-0.25, -0.2) is 0 Å². The minimum atomic E-state index is -0.844. The van der Waals surface area contributed by atoms with Crippen molar-refractivity contribution in [2.45, 2.75) is 89.7 Å². The SMILES string of the molecule is CCCCCCCOC[C@H]1OC(OC)[C@H](OCc2ccccc2)[C@@H](OCCC)[C@@H]1O. The van der Waals surface area contributed by atoms with Gasteiger partial charge in [-0.15, -0.1) is 0 Å². The van der Waals surface area contributed by atoms with Gasteiger partial charge in [0.05, 0.1) is 13.2 Å². The number of ether oxygens (including phenoxy) is 5. The largest absolute Gasteiger partial charge is 0.387 e. The van der Waals surface area contributed by atoms with Crippen LogP contribution in [0.2, 0.25) is 0 Å². The number of aliphatic hydroxyl groups is 1. The van der Waals surface area contributed by atoms with Crippen molar-refractivity contribution in [3.63, 3.8) is 0 Å². The van der Waals surface area contributed by atoms with Crippen LogP contribution in [0.5, 0.6) is 0 Å². The standard InChI is InChI=1S/C24H40O6/c1-4-6-7-8-12-16-27-18-20-21(25)22(28-15-5-2)23(24(26-3)30-20)29-17-19-13-10-9-11-14-19/h9-11,13-14,20-25H,4-8,12,15-18H2,1-3H3/t20-,21-,22+,23-,24?/m1/s1. The zero-order chi connectivity index (χ0) is 21.6. The predicted molar refractivity (Wildman–Crippen MR) is 116 cm³/mol. The molecule has 5 atom stereocenters. The summed E-state index contributed by atoms with van der Waals surface area (Å²) in [4.78, 5) is 0. The molecule has 1 aliphatic heterocycles. The second-order valence-corrected chi connectivity index (χ2v) is 7.85. The van der Waals surface area contributed by atoms with Gasteiger partial charge in [0.25, 0.3) is 0 Å². The Kier molecular flexibility index (Phi) is 12.5. The van der Waals surface area contributed by atoms with Crippen LogP contribution in [0, 0.1) is 0 Å². The maximum atomic E-state index is 10.9. The summed E-state index contributed by atoms with van der Waals surface area (Å²) >= 11 is 0. The third kappa shape index (κ3) is 8.25. The van der Waals surface area contributed by atoms with Crippen LogP contribution in [0.1, 0.15) is 57.9 Å². The Morgan fingerprint density at radius 3 is 2.37 bits per heavy atom. The minimum absolute atomic E-state index is 0.312. The second-order valence-electron chi connectivity index (χ2n) is 7.85. The Morgan fingerprint density at radius 2 is 1.67 bits per heavy atom. The first-order valence-electron chi connectivity index (χ1n) is 11.4. The molecule has 0 bridgehead atoms. The highest BCUT2D eigenvalue weighted by Gasteiger charge is 2.47. The molecule has 1 aromatic carbocycles. The van der Waals surface area contributed by atoms with E-state index in [9.17, 15) is 5.11 Å². The first kappa shape index (κ1) is 25.2. The van der Waals surface area contributed by atoms with E-state index in [1.54, 1.807) is 7.11 Å². The van der Waals surface area contributed by atoms with Crippen LogP contribution in [0.25, 0.3) is 0 Å². The molecule has 1 fully saturated rings. The molecule has 0 spiro atoms. The molecular formula is C24H40O6. The molecule has 1 aliphatic rings. The van der Waals surface area contributed by atoms with Crippen molar-refractivity contribution >= 4 is 0 Å². The van der Waals surface area contributed by atoms with Gasteiger partial charge in [-0.3, -0.25) is 0 Å². The summed E-state index contributed by atoms with van der Waals surface area (Å²) in [6.07, 6.45) is 3.73.